The summed E-state index contributed by atoms with van der Waals surface area (Å²) in [5, 5.41) is 0. The molecule has 2 rings (SSSR count). The number of sulfone groups is 1. The van der Waals surface area contributed by atoms with Gasteiger partial charge in [-0.2, -0.15) is 0 Å². The lowest BCUT2D eigenvalue weighted by atomic mass is 9.92. The molecule has 0 radical (unpaired) electrons. The predicted molar refractivity (Wildman–Crippen MR) is 83.9 cm³/mol. The molecule has 1 aliphatic rings. The third kappa shape index (κ3) is 4.08. The first-order chi connectivity index (χ1) is 9.63. The van der Waals surface area contributed by atoms with Crippen molar-refractivity contribution < 1.29 is 8.42 Å². The molecule has 112 valence electrons. The van der Waals surface area contributed by atoms with Crippen molar-refractivity contribution in [3.05, 3.63) is 29.3 Å². The molecule has 0 N–H and O–H groups in total. The Kier molecular flexibility index (Phi) is 5.64. The van der Waals surface area contributed by atoms with E-state index in [2.05, 4.69) is 6.92 Å². The van der Waals surface area contributed by atoms with Crippen LogP contribution < -0.4 is 0 Å². The van der Waals surface area contributed by atoms with Crippen molar-refractivity contribution in [3.8, 4) is 0 Å². The molecule has 0 aromatic heterocycles. The summed E-state index contributed by atoms with van der Waals surface area (Å²) in [6.07, 6.45) is 9.93. The quantitative estimate of drug-likeness (QED) is 0.702. The molecule has 0 atom stereocenters. The summed E-state index contributed by atoms with van der Waals surface area (Å²) in [5.41, 5.74) is 2.60. The molecule has 0 unspecified atom stereocenters. The molecule has 3 heteroatoms. The third-order valence-corrected chi connectivity index (χ3v) is 5.99. The van der Waals surface area contributed by atoms with Crippen LogP contribution in [0.5, 0.6) is 0 Å². The van der Waals surface area contributed by atoms with Gasteiger partial charge in [0.2, 0.25) is 0 Å². The standard InChI is InChI=1S/C17H26O2S/c1-2-3-4-5-8-13-20(18,19)17-12-11-15-9-6-7-10-16(15)14-17/h11-12,14H,2-10,13H2,1H3. The molecule has 0 heterocycles. The average molecular weight is 294 g/mol. The zero-order valence-corrected chi connectivity index (χ0v) is 13.3. The fourth-order valence-corrected chi connectivity index (χ4v) is 4.33. The lowest BCUT2D eigenvalue weighted by Gasteiger charge is -2.16. The summed E-state index contributed by atoms with van der Waals surface area (Å²) >= 11 is 0. The Morgan fingerprint density at radius 3 is 2.40 bits per heavy atom. The number of fused-ring (bicyclic) bond motifs is 1. The normalized spacial score (nSPS) is 15.1. The van der Waals surface area contributed by atoms with Gasteiger partial charge in [-0.1, -0.05) is 38.7 Å². The first kappa shape index (κ1) is 15.6. The molecule has 0 aliphatic heterocycles. The second-order valence-electron chi connectivity index (χ2n) is 5.87. The SMILES string of the molecule is CCCCCCCS(=O)(=O)c1ccc2c(c1)CCCC2. The average Bonchev–Trinajstić information content (AvgIpc) is 2.46. The Labute approximate surface area is 123 Å². The Morgan fingerprint density at radius 2 is 1.65 bits per heavy atom. The minimum Gasteiger partial charge on any atom is -0.224 e. The Bertz CT molecular complexity index is 532. The minimum absolute atomic E-state index is 0.301. The molecule has 0 amide bonds. The number of benzene rings is 1. The number of hydrogen-bond donors (Lipinski definition) is 0. The maximum Gasteiger partial charge on any atom is 0.178 e. The molecule has 0 saturated heterocycles. The van der Waals surface area contributed by atoms with Gasteiger partial charge in [-0.05, 0) is 55.4 Å². The molecule has 1 aliphatic carbocycles. The molecular weight excluding hydrogens is 268 g/mol. The summed E-state index contributed by atoms with van der Waals surface area (Å²) in [5.74, 6) is 0.301. The molecule has 1 aromatic carbocycles. The van der Waals surface area contributed by atoms with Gasteiger partial charge in [-0.3, -0.25) is 0 Å². The first-order valence-electron chi connectivity index (χ1n) is 7.98. The Morgan fingerprint density at radius 1 is 0.950 bits per heavy atom. The zero-order chi connectivity index (χ0) is 14.4. The maximum absolute atomic E-state index is 12.4. The van der Waals surface area contributed by atoms with Crippen molar-refractivity contribution in [2.24, 2.45) is 0 Å². The van der Waals surface area contributed by atoms with Crippen LogP contribution in [0.4, 0.5) is 0 Å². The van der Waals surface area contributed by atoms with E-state index in [0.717, 1.165) is 32.1 Å². The highest BCUT2D eigenvalue weighted by Crippen LogP contribution is 2.25. The van der Waals surface area contributed by atoms with Crippen LogP contribution in [-0.2, 0) is 22.7 Å². The van der Waals surface area contributed by atoms with Gasteiger partial charge in [0.25, 0.3) is 0 Å². The van der Waals surface area contributed by atoms with Crippen LogP contribution >= 0.6 is 0 Å². The van der Waals surface area contributed by atoms with E-state index in [9.17, 15) is 8.42 Å². The van der Waals surface area contributed by atoms with E-state index in [4.69, 9.17) is 0 Å². The van der Waals surface area contributed by atoms with Crippen molar-refractivity contribution >= 4 is 9.84 Å². The van der Waals surface area contributed by atoms with Gasteiger partial charge in [-0.25, -0.2) is 8.42 Å². The number of rotatable bonds is 7. The zero-order valence-electron chi connectivity index (χ0n) is 12.5. The van der Waals surface area contributed by atoms with Gasteiger partial charge in [-0.15, -0.1) is 0 Å². The van der Waals surface area contributed by atoms with Crippen LogP contribution in [0.15, 0.2) is 23.1 Å². The number of aryl methyl sites for hydroxylation is 2. The maximum atomic E-state index is 12.4. The van der Waals surface area contributed by atoms with Gasteiger partial charge < -0.3 is 0 Å². The van der Waals surface area contributed by atoms with Crippen molar-refractivity contribution in [2.45, 2.75) is 69.6 Å². The Balaban J connectivity index is 1.98. The fraction of sp³-hybridized carbons (Fsp3) is 0.647. The second kappa shape index (κ2) is 7.26. The van der Waals surface area contributed by atoms with Crippen LogP contribution in [0, 0.1) is 0 Å². The predicted octanol–water partition coefficient (Wildman–Crippen LogP) is 4.31. The van der Waals surface area contributed by atoms with Gasteiger partial charge in [0.05, 0.1) is 10.6 Å². The minimum atomic E-state index is -3.08. The van der Waals surface area contributed by atoms with Crippen molar-refractivity contribution in [2.75, 3.05) is 5.75 Å². The van der Waals surface area contributed by atoms with Gasteiger partial charge in [0.15, 0.2) is 9.84 Å². The van der Waals surface area contributed by atoms with Gasteiger partial charge in [0.1, 0.15) is 0 Å². The van der Waals surface area contributed by atoms with E-state index < -0.39 is 9.84 Å². The molecule has 20 heavy (non-hydrogen) atoms. The van der Waals surface area contributed by atoms with Crippen LogP contribution in [0.2, 0.25) is 0 Å². The molecule has 0 fully saturated rings. The van der Waals surface area contributed by atoms with Crippen LogP contribution in [0.25, 0.3) is 0 Å². The summed E-state index contributed by atoms with van der Waals surface area (Å²) in [7, 11) is -3.08. The summed E-state index contributed by atoms with van der Waals surface area (Å²) in [6.45, 7) is 2.17. The van der Waals surface area contributed by atoms with Gasteiger partial charge in [0, 0.05) is 0 Å². The van der Waals surface area contributed by atoms with Crippen molar-refractivity contribution in [1.82, 2.24) is 0 Å². The van der Waals surface area contributed by atoms with Crippen molar-refractivity contribution in [1.29, 1.82) is 0 Å². The van der Waals surface area contributed by atoms with E-state index in [0.29, 0.717) is 10.6 Å². The van der Waals surface area contributed by atoms with Crippen LogP contribution in [-0.4, -0.2) is 14.2 Å². The molecule has 2 nitrogen and oxygen atoms in total. The summed E-state index contributed by atoms with van der Waals surface area (Å²) in [4.78, 5) is 0.536. The molecular formula is C17H26O2S. The lowest BCUT2D eigenvalue weighted by molar-refractivity contribution is 0.586. The van der Waals surface area contributed by atoms with Crippen LogP contribution in [0.3, 0.4) is 0 Å². The lowest BCUT2D eigenvalue weighted by Crippen LogP contribution is -2.09. The monoisotopic (exact) mass is 294 g/mol. The van der Waals surface area contributed by atoms with E-state index in [-0.39, 0.29) is 0 Å². The summed E-state index contributed by atoms with van der Waals surface area (Å²) in [6, 6.07) is 5.76. The highest BCUT2D eigenvalue weighted by atomic mass is 32.2. The molecule has 1 aromatic rings. The van der Waals surface area contributed by atoms with Crippen LogP contribution in [0.1, 0.15) is 63.0 Å². The number of hydrogen-bond acceptors (Lipinski definition) is 2. The van der Waals surface area contributed by atoms with E-state index in [1.807, 2.05) is 18.2 Å². The molecule has 0 saturated carbocycles. The van der Waals surface area contributed by atoms with Gasteiger partial charge >= 0.3 is 0 Å². The van der Waals surface area contributed by atoms with E-state index in [1.165, 1.54) is 36.8 Å². The fourth-order valence-electron chi connectivity index (χ4n) is 2.92. The Hall–Kier alpha value is -0.830. The number of unbranched alkanes of at least 4 members (excludes halogenated alkanes) is 4. The van der Waals surface area contributed by atoms with E-state index in [1.54, 1.807) is 0 Å². The smallest absolute Gasteiger partial charge is 0.178 e. The molecule has 0 bridgehead atoms. The highest BCUT2D eigenvalue weighted by molar-refractivity contribution is 7.91. The van der Waals surface area contributed by atoms with E-state index >= 15 is 0 Å². The summed E-state index contributed by atoms with van der Waals surface area (Å²) < 4.78 is 24.7. The van der Waals surface area contributed by atoms with Crippen molar-refractivity contribution in [3.63, 3.8) is 0 Å². The third-order valence-electron chi connectivity index (χ3n) is 4.20. The topological polar surface area (TPSA) is 34.1 Å². The second-order valence-corrected chi connectivity index (χ2v) is 7.98. The first-order valence-corrected chi connectivity index (χ1v) is 9.63. The largest absolute Gasteiger partial charge is 0.224 e. The molecule has 0 spiro atoms. The highest BCUT2D eigenvalue weighted by Gasteiger charge is 2.17.